The SMILES string of the molecule is CCOc1cccc2c1O[C@@]13CCCC[C@H]1[C@H]2/C(=C(/C)O)C(=O)N3. The topological polar surface area (TPSA) is 67.8 Å². The molecule has 5 heteroatoms. The van der Waals surface area contributed by atoms with E-state index in [1.165, 1.54) is 0 Å². The fourth-order valence-corrected chi connectivity index (χ4v) is 4.62. The van der Waals surface area contributed by atoms with E-state index >= 15 is 0 Å². The van der Waals surface area contributed by atoms with Gasteiger partial charge < -0.3 is 19.9 Å². The van der Waals surface area contributed by atoms with E-state index in [0.29, 0.717) is 23.7 Å². The standard InChI is InChI=1S/C19H23NO4/c1-3-23-14-9-6-7-12-16-13-8-4-5-10-19(13,24-17(12)14)20-18(22)15(16)11(2)21/h6-7,9,13,16,21H,3-5,8,10H2,1-2H3,(H,20,22)/b15-11+/t13-,16-,19-/m0/s1. The number of piperidine rings is 1. The summed E-state index contributed by atoms with van der Waals surface area (Å²) in [6.07, 6.45) is 3.89. The van der Waals surface area contributed by atoms with Gasteiger partial charge in [0.05, 0.1) is 17.9 Å². The van der Waals surface area contributed by atoms with E-state index in [-0.39, 0.29) is 23.5 Å². The quantitative estimate of drug-likeness (QED) is 0.644. The van der Waals surface area contributed by atoms with Crippen molar-refractivity contribution < 1.29 is 19.4 Å². The number of carbonyl (C=O) groups excluding carboxylic acids is 1. The highest BCUT2D eigenvalue weighted by Crippen LogP contribution is 2.57. The lowest BCUT2D eigenvalue weighted by molar-refractivity contribution is -0.141. The van der Waals surface area contributed by atoms with Gasteiger partial charge in [-0.1, -0.05) is 18.6 Å². The Morgan fingerprint density at radius 2 is 2.29 bits per heavy atom. The van der Waals surface area contributed by atoms with Crippen molar-refractivity contribution in [1.29, 1.82) is 0 Å². The van der Waals surface area contributed by atoms with Crippen LogP contribution in [-0.4, -0.2) is 23.3 Å². The van der Waals surface area contributed by atoms with Crippen LogP contribution in [0, 0.1) is 5.92 Å². The lowest BCUT2D eigenvalue weighted by atomic mass is 9.64. The van der Waals surface area contributed by atoms with Gasteiger partial charge in [0.15, 0.2) is 17.2 Å². The fourth-order valence-electron chi connectivity index (χ4n) is 4.62. The minimum atomic E-state index is -0.681. The van der Waals surface area contributed by atoms with Crippen LogP contribution in [0.15, 0.2) is 29.5 Å². The number of hydrogen-bond acceptors (Lipinski definition) is 4. The van der Waals surface area contributed by atoms with Crippen molar-refractivity contribution in [2.24, 2.45) is 5.92 Å². The maximum atomic E-state index is 12.7. The summed E-state index contributed by atoms with van der Waals surface area (Å²) < 4.78 is 12.2. The molecule has 2 bridgehead atoms. The van der Waals surface area contributed by atoms with Crippen LogP contribution in [0.1, 0.15) is 51.0 Å². The first-order valence-corrected chi connectivity index (χ1v) is 8.74. The molecule has 3 aliphatic rings. The zero-order valence-corrected chi connectivity index (χ0v) is 14.1. The first kappa shape index (κ1) is 15.4. The summed E-state index contributed by atoms with van der Waals surface area (Å²) in [6, 6.07) is 5.82. The number of para-hydroxylation sites is 1. The zero-order chi connectivity index (χ0) is 16.9. The van der Waals surface area contributed by atoms with Crippen LogP contribution < -0.4 is 14.8 Å². The van der Waals surface area contributed by atoms with Crippen LogP contribution in [0.3, 0.4) is 0 Å². The average molecular weight is 329 g/mol. The third-order valence-corrected chi connectivity index (χ3v) is 5.51. The lowest BCUT2D eigenvalue weighted by Crippen LogP contribution is -2.66. The zero-order valence-electron chi connectivity index (χ0n) is 14.1. The molecule has 0 radical (unpaired) electrons. The summed E-state index contributed by atoms with van der Waals surface area (Å²) in [5, 5.41) is 13.3. The first-order chi connectivity index (χ1) is 11.6. The van der Waals surface area contributed by atoms with Gasteiger partial charge in [0.1, 0.15) is 0 Å². The molecule has 3 atom stereocenters. The van der Waals surface area contributed by atoms with Crippen molar-refractivity contribution in [2.45, 2.75) is 51.2 Å². The van der Waals surface area contributed by atoms with E-state index < -0.39 is 5.72 Å². The van der Waals surface area contributed by atoms with Gasteiger partial charge in [-0.2, -0.15) is 0 Å². The highest BCUT2D eigenvalue weighted by atomic mass is 16.5. The second-order valence-electron chi connectivity index (χ2n) is 6.88. The van der Waals surface area contributed by atoms with Gasteiger partial charge >= 0.3 is 0 Å². The molecule has 2 aliphatic heterocycles. The predicted octanol–water partition coefficient (Wildman–Crippen LogP) is 3.41. The molecule has 128 valence electrons. The number of amides is 1. The molecular weight excluding hydrogens is 306 g/mol. The van der Waals surface area contributed by atoms with Gasteiger partial charge in [-0.15, -0.1) is 0 Å². The molecule has 5 nitrogen and oxygen atoms in total. The van der Waals surface area contributed by atoms with Crippen LogP contribution in [0.25, 0.3) is 0 Å². The van der Waals surface area contributed by atoms with Crippen LogP contribution in [0.2, 0.25) is 0 Å². The Kier molecular flexibility index (Phi) is 3.48. The van der Waals surface area contributed by atoms with Gasteiger partial charge in [0, 0.05) is 23.8 Å². The predicted molar refractivity (Wildman–Crippen MR) is 89.1 cm³/mol. The van der Waals surface area contributed by atoms with E-state index in [4.69, 9.17) is 9.47 Å². The molecule has 1 saturated carbocycles. The summed E-state index contributed by atoms with van der Waals surface area (Å²) in [5.74, 6) is 1.28. The Bertz CT molecular complexity index is 722. The highest BCUT2D eigenvalue weighted by molar-refractivity contribution is 5.97. The number of aliphatic hydroxyl groups excluding tert-OH is 1. The van der Waals surface area contributed by atoms with E-state index in [2.05, 4.69) is 5.32 Å². The Morgan fingerprint density at radius 1 is 1.46 bits per heavy atom. The lowest BCUT2D eigenvalue weighted by Gasteiger charge is -2.54. The summed E-state index contributed by atoms with van der Waals surface area (Å²) >= 11 is 0. The van der Waals surface area contributed by atoms with Crippen LogP contribution in [0.4, 0.5) is 0 Å². The van der Waals surface area contributed by atoms with Crippen molar-refractivity contribution in [3.05, 3.63) is 35.1 Å². The van der Waals surface area contributed by atoms with Gasteiger partial charge in [-0.05, 0) is 32.8 Å². The van der Waals surface area contributed by atoms with E-state index in [0.717, 1.165) is 31.2 Å². The maximum Gasteiger partial charge on any atom is 0.254 e. The number of ether oxygens (including phenoxy) is 2. The Balaban J connectivity index is 1.95. The molecule has 1 aromatic rings. The largest absolute Gasteiger partial charge is 0.512 e. The molecule has 4 rings (SSSR count). The van der Waals surface area contributed by atoms with Crippen molar-refractivity contribution >= 4 is 5.91 Å². The molecule has 0 unspecified atom stereocenters. The molecule has 0 aromatic heterocycles. The number of fused-ring (bicyclic) bond motifs is 2. The van der Waals surface area contributed by atoms with E-state index in [1.807, 2.05) is 25.1 Å². The number of rotatable bonds is 2. The number of hydrogen-bond donors (Lipinski definition) is 2. The Hall–Kier alpha value is -2.17. The van der Waals surface area contributed by atoms with E-state index in [9.17, 15) is 9.90 Å². The molecular formula is C19H23NO4. The molecule has 1 aromatic carbocycles. The number of carbonyl (C=O) groups is 1. The average Bonchev–Trinajstić information content (AvgIpc) is 2.54. The third-order valence-electron chi connectivity index (χ3n) is 5.51. The monoisotopic (exact) mass is 329 g/mol. The molecule has 1 amide bonds. The third kappa shape index (κ3) is 2.03. The van der Waals surface area contributed by atoms with Crippen LogP contribution >= 0.6 is 0 Å². The molecule has 2 N–H and O–H groups in total. The molecule has 1 aliphatic carbocycles. The molecule has 2 fully saturated rings. The van der Waals surface area contributed by atoms with Gasteiger partial charge in [-0.3, -0.25) is 4.79 Å². The molecule has 24 heavy (non-hydrogen) atoms. The number of allylic oxidation sites excluding steroid dienone is 1. The summed E-state index contributed by atoms with van der Waals surface area (Å²) in [5.41, 5.74) is 0.733. The summed E-state index contributed by atoms with van der Waals surface area (Å²) in [4.78, 5) is 12.7. The van der Waals surface area contributed by atoms with Crippen molar-refractivity contribution in [3.63, 3.8) is 0 Å². The second-order valence-corrected chi connectivity index (χ2v) is 6.88. The number of aliphatic hydroxyl groups is 1. The minimum Gasteiger partial charge on any atom is -0.512 e. The number of benzene rings is 1. The van der Waals surface area contributed by atoms with Gasteiger partial charge in [-0.25, -0.2) is 0 Å². The van der Waals surface area contributed by atoms with Gasteiger partial charge in [0.2, 0.25) is 0 Å². The van der Waals surface area contributed by atoms with Crippen molar-refractivity contribution in [2.75, 3.05) is 6.61 Å². The molecule has 2 heterocycles. The maximum absolute atomic E-state index is 12.7. The highest BCUT2D eigenvalue weighted by Gasteiger charge is 2.58. The number of nitrogens with one attached hydrogen (secondary N) is 1. The van der Waals surface area contributed by atoms with Crippen molar-refractivity contribution in [1.82, 2.24) is 5.32 Å². The molecule has 0 spiro atoms. The van der Waals surface area contributed by atoms with Gasteiger partial charge in [0.25, 0.3) is 5.91 Å². The smallest absolute Gasteiger partial charge is 0.254 e. The summed E-state index contributed by atoms with van der Waals surface area (Å²) in [7, 11) is 0. The first-order valence-electron chi connectivity index (χ1n) is 8.74. The van der Waals surface area contributed by atoms with Crippen LogP contribution in [-0.2, 0) is 4.79 Å². The summed E-state index contributed by atoms with van der Waals surface area (Å²) in [6.45, 7) is 4.08. The molecule has 1 saturated heterocycles. The Labute approximate surface area is 141 Å². The van der Waals surface area contributed by atoms with Crippen LogP contribution in [0.5, 0.6) is 11.5 Å². The van der Waals surface area contributed by atoms with E-state index in [1.54, 1.807) is 6.92 Å². The minimum absolute atomic E-state index is 0.0892. The van der Waals surface area contributed by atoms with Crippen molar-refractivity contribution in [3.8, 4) is 11.5 Å². The Morgan fingerprint density at radius 3 is 3.04 bits per heavy atom. The normalized spacial score (nSPS) is 32.8. The second kappa shape index (κ2) is 5.43. The fraction of sp³-hybridized carbons (Fsp3) is 0.526.